The quantitative estimate of drug-likeness (QED) is 0.217. The molecule has 2 aromatic rings. The molecule has 1 unspecified atom stereocenters. The zero-order valence-corrected chi connectivity index (χ0v) is 18.6. The number of ketones is 1. The predicted molar refractivity (Wildman–Crippen MR) is 122 cm³/mol. The smallest absolute Gasteiger partial charge is 0.295 e. The van der Waals surface area contributed by atoms with Crippen molar-refractivity contribution in [1.82, 2.24) is 9.80 Å². The summed E-state index contributed by atoms with van der Waals surface area (Å²) in [6.07, 6.45) is 0. The number of nitro groups is 1. The van der Waals surface area contributed by atoms with Crippen LogP contribution in [0.4, 0.5) is 5.69 Å². The molecule has 2 saturated heterocycles. The van der Waals surface area contributed by atoms with Gasteiger partial charge in [-0.25, -0.2) is 0 Å². The number of aryl methyl sites for hydroxylation is 1. The summed E-state index contributed by atoms with van der Waals surface area (Å²) in [5.41, 5.74) is 0.654. The minimum absolute atomic E-state index is 0.0154. The Morgan fingerprint density at radius 1 is 1.15 bits per heavy atom. The molecular formula is C24H25N3O7. The Labute approximate surface area is 195 Å². The molecule has 0 radical (unpaired) electrons. The molecule has 4 rings (SSSR count). The van der Waals surface area contributed by atoms with Crippen molar-refractivity contribution in [3.8, 4) is 5.75 Å². The number of hydrogen-bond acceptors (Lipinski definition) is 8. The maximum atomic E-state index is 13.1. The summed E-state index contributed by atoms with van der Waals surface area (Å²) in [4.78, 5) is 40.4. The SMILES string of the molecule is Cc1ccc(O)c(/C(O)=C2\C(=O)C(=O)N(CCN3CCOCC3)C2c2cccc([N+](=O)[O-])c2)c1. The number of phenols is 1. The lowest BCUT2D eigenvalue weighted by Crippen LogP contribution is -2.42. The number of morpholine rings is 1. The molecule has 0 aromatic heterocycles. The second-order valence-corrected chi connectivity index (χ2v) is 8.32. The lowest BCUT2D eigenvalue weighted by atomic mass is 9.94. The molecule has 34 heavy (non-hydrogen) atoms. The van der Waals surface area contributed by atoms with Gasteiger partial charge in [-0.15, -0.1) is 0 Å². The second kappa shape index (κ2) is 9.62. The highest BCUT2D eigenvalue weighted by molar-refractivity contribution is 6.46. The molecule has 1 amide bonds. The van der Waals surface area contributed by atoms with Crippen molar-refractivity contribution in [2.45, 2.75) is 13.0 Å². The number of nitrogens with zero attached hydrogens (tertiary/aromatic N) is 3. The number of rotatable bonds is 6. The lowest BCUT2D eigenvalue weighted by Gasteiger charge is -2.31. The van der Waals surface area contributed by atoms with Crippen LogP contribution < -0.4 is 0 Å². The van der Waals surface area contributed by atoms with Gasteiger partial charge in [-0.2, -0.15) is 0 Å². The molecule has 10 heteroatoms. The summed E-state index contributed by atoms with van der Waals surface area (Å²) < 4.78 is 5.35. The van der Waals surface area contributed by atoms with Gasteiger partial charge in [-0.05, 0) is 24.6 Å². The van der Waals surface area contributed by atoms with Crippen molar-refractivity contribution in [1.29, 1.82) is 0 Å². The first kappa shape index (κ1) is 23.4. The number of aliphatic hydroxyl groups is 1. The van der Waals surface area contributed by atoms with Gasteiger partial charge in [-0.3, -0.25) is 24.6 Å². The van der Waals surface area contributed by atoms with E-state index in [1.807, 2.05) is 0 Å². The highest BCUT2D eigenvalue weighted by atomic mass is 16.6. The number of nitro benzene ring substituents is 1. The maximum absolute atomic E-state index is 13.1. The van der Waals surface area contributed by atoms with Gasteiger partial charge in [0.1, 0.15) is 11.5 Å². The minimum Gasteiger partial charge on any atom is -0.507 e. The van der Waals surface area contributed by atoms with Crippen molar-refractivity contribution in [3.05, 3.63) is 74.8 Å². The molecule has 2 heterocycles. The van der Waals surface area contributed by atoms with Gasteiger partial charge in [0.15, 0.2) is 0 Å². The van der Waals surface area contributed by atoms with Crippen molar-refractivity contribution in [3.63, 3.8) is 0 Å². The third kappa shape index (κ3) is 4.50. The number of non-ortho nitro benzene ring substituents is 1. The molecule has 10 nitrogen and oxygen atoms in total. The number of amides is 1. The standard InChI is InChI=1S/C24H25N3O7/c1-15-5-6-19(28)18(13-15)22(29)20-21(16-3-2-4-17(14-16)27(32)33)26(24(31)23(20)30)8-7-25-9-11-34-12-10-25/h2-6,13-14,21,28-29H,7-12H2,1H3/b22-20+. The molecule has 2 aromatic carbocycles. The van der Waals surface area contributed by atoms with E-state index in [1.165, 1.54) is 35.2 Å². The monoisotopic (exact) mass is 467 g/mol. The van der Waals surface area contributed by atoms with E-state index in [2.05, 4.69) is 4.90 Å². The molecule has 2 aliphatic rings. The van der Waals surface area contributed by atoms with Crippen molar-refractivity contribution in [2.24, 2.45) is 0 Å². The maximum Gasteiger partial charge on any atom is 0.295 e. The van der Waals surface area contributed by atoms with Gasteiger partial charge in [0.25, 0.3) is 17.4 Å². The van der Waals surface area contributed by atoms with E-state index >= 15 is 0 Å². The molecule has 0 saturated carbocycles. The Balaban J connectivity index is 1.81. The highest BCUT2D eigenvalue weighted by Gasteiger charge is 2.46. The fourth-order valence-corrected chi connectivity index (χ4v) is 4.32. The van der Waals surface area contributed by atoms with Crippen molar-refractivity contribution >= 4 is 23.1 Å². The average molecular weight is 467 g/mol. The molecule has 0 aliphatic carbocycles. The zero-order chi connectivity index (χ0) is 24.4. The van der Waals surface area contributed by atoms with E-state index in [1.54, 1.807) is 19.1 Å². The fraction of sp³-hybridized carbons (Fsp3) is 0.333. The second-order valence-electron chi connectivity index (χ2n) is 8.32. The predicted octanol–water partition coefficient (Wildman–Crippen LogP) is 2.36. The highest BCUT2D eigenvalue weighted by Crippen LogP contribution is 2.41. The van der Waals surface area contributed by atoms with Crippen LogP contribution in [0, 0.1) is 17.0 Å². The number of Topliss-reactive ketones (excluding diaryl/α,β-unsaturated/α-hetero) is 1. The first-order valence-corrected chi connectivity index (χ1v) is 10.9. The van der Waals surface area contributed by atoms with Crippen LogP contribution in [-0.4, -0.2) is 76.0 Å². The van der Waals surface area contributed by atoms with Crippen molar-refractivity contribution < 1.29 is 29.5 Å². The number of hydrogen-bond donors (Lipinski definition) is 2. The molecular weight excluding hydrogens is 442 g/mol. The molecule has 2 aliphatic heterocycles. The molecule has 178 valence electrons. The van der Waals surface area contributed by atoms with Crippen LogP contribution in [0.3, 0.4) is 0 Å². The number of aliphatic hydroxyl groups excluding tert-OH is 1. The van der Waals surface area contributed by atoms with E-state index in [9.17, 15) is 29.9 Å². The largest absolute Gasteiger partial charge is 0.507 e. The van der Waals surface area contributed by atoms with Gasteiger partial charge in [0, 0.05) is 38.3 Å². The van der Waals surface area contributed by atoms with E-state index in [0.29, 0.717) is 38.4 Å². The van der Waals surface area contributed by atoms with Crippen LogP contribution in [0.25, 0.3) is 5.76 Å². The van der Waals surface area contributed by atoms with Crippen LogP contribution in [0.2, 0.25) is 0 Å². The van der Waals surface area contributed by atoms with Crippen LogP contribution in [0.5, 0.6) is 5.75 Å². The number of benzene rings is 2. The van der Waals surface area contributed by atoms with Gasteiger partial charge in [-0.1, -0.05) is 23.8 Å². The van der Waals surface area contributed by atoms with Crippen LogP contribution in [-0.2, 0) is 14.3 Å². The van der Waals surface area contributed by atoms with Gasteiger partial charge in [0.2, 0.25) is 0 Å². The Kier molecular flexibility index (Phi) is 6.62. The number of aromatic hydroxyl groups is 1. The first-order chi connectivity index (χ1) is 16.3. The van der Waals surface area contributed by atoms with Crippen LogP contribution in [0.1, 0.15) is 22.7 Å². The molecule has 2 N–H and O–H groups in total. The van der Waals surface area contributed by atoms with E-state index in [0.717, 1.165) is 5.56 Å². The van der Waals surface area contributed by atoms with Gasteiger partial charge >= 0.3 is 0 Å². The summed E-state index contributed by atoms with van der Waals surface area (Å²) >= 11 is 0. The van der Waals surface area contributed by atoms with Crippen molar-refractivity contribution in [2.75, 3.05) is 39.4 Å². The average Bonchev–Trinajstić information content (AvgIpc) is 3.09. The fourth-order valence-electron chi connectivity index (χ4n) is 4.32. The van der Waals surface area contributed by atoms with Gasteiger partial charge < -0.3 is 19.8 Å². The summed E-state index contributed by atoms with van der Waals surface area (Å²) in [6.45, 7) is 4.91. The number of carbonyl (C=O) groups is 2. The van der Waals surface area contributed by atoms with Gasteiger partial charge in [0.05, 0.1) is 35.3 Å². The summed E-state index contributed by atoms with van der Waals surface area (Å²) in [6, 6.07) is 9.16. The van der Waals surface area contributed by atoms with Crippen LogP contribution >= 0.6 is 0 Å². The Bertz CT molecular complexity index is 1170. The Morgan fingerprint density at radius 3 is 2.59 bits per heavy atom. The topological polar surface area (TPSA) is 133 Å². The number of phenolic OH excluding ortho intramolecular Hbond substituents is 1. The molecule has 0 spiro atoms. The van der Waals surface area contributed by atoms with Crippen LogP contribution in [0.15, 0.2) is 48.0 Å². The first-order valence-electron chi connectivity index (χ1n) is 10.9. The van der Waals surface area contributed by atoms with E-state index < -0.39 is 28.4 Å². The lowest BCUT2D eigenvalue weighted by molar-refractivity contribution is -0.384. The molecule has 1 atom stereocenters. The third-order valence-corrected chi connectivity index (χ3v) is 6.10. The zero-order valence-electron chi connectivity index (χ0n) is 18.6. The Hall–Kier alpha value is -3.76. The Morgan fingerprint density at radius 2 is 1.88 bits per heavy atom. The normalized spacial score (nSPS) is 20.6. The number of ether oxygens (including phenoxy) is 1. The number of likely N-dealkylation sites (tertiary alicyclic amines) is 1. The van der Waals surface area contributed by atoms with E-state index in [-0.39, 0.29) is 29.1 Å². The number of carbonyl (C=O) groups excluding carboxylic acids is 2. The molecule has 2 fully saturated rings. The minimum atomic E-state index is -1.04. The summed E-state index contributed by atoms with van der Waals surface area (Å²) in [7, 11) is 0. The van der Waals surface area contributed by atoms with E-state index in [4.69, 9.17) is 4.74 Å². The third-order valence-electron chi connectivity index (χ3n) is 6.10. The summed E-state index contributed by atoms with van der Waals surface area (Å²) in [5, 5.41) is 32.8. The molecule has 0 bridgehead atoms. The summed E-state index contributed by atoms with van der Waals surface area (Å²) in [5.74, 6) is -2.49.